The molecular weight excluding hydrogens is 172 g/mol. The standard InChI is InChI=1S/C9H14N2.ClH/c1-3-11(2)8-9-5-4-6-10-7-9;/h4-7H,3,8H2,1-2H3;1H. The fraction of sp³-hybridized carbons (Fsp3) is 0.444. The van der Waals surface area contributed by atoms with Gasteiger partial charge in [0.05, 0.1) is 0 Å². The van der Waals surface area contributed by atoms with Crippen LogP contribution in [-0.2, 0) is 6.54 Å². The third kappa shape index (κ3) is 3.69. The highest BCUT2D eigenvalue weighted by Crippen LogP contribution is 1.98. The van der Waals surface area contributed by atoms with Crippen LogP contribution in [0.2, 0.25) is 0 Å². The maximum Gasteiger partial charge on any atom is 0.0312 e. The van der Waals surface area contributed by atoms with E-state index in [-0.39, 0.29) is 12.4 Å². The van der Waals surface area contributed by atoms with Gasteiger partial charge in [0, 0.05) is 18.9 Å². The van der Waals surface area contributed by atoms with Gasteiger partial charge >= 0.3 is 0 Å². The van der Waals surface area contributed by atoms with Gasteiger partial charge in [-0.15, -0.1) is 12.4 Å². The van der Waals surface area contributed by atoms with E-state index in [0.717, 1.165) is 13.1 Å². The number of rotatable bonds is 3. The van der Waals surface area contributed by atoms with Crippen LogP contribution in [0, 0.1) is 0 Å². The van der Waals surface area contributed by atoms with Gasteiger partial charge in [-0.1, -0.05) is 13.0 Å². The van der Waals surface area contributed by atoms with Gasteiger partial charge in [-0.05, 0) is 25.2 Å². The van der Waals surface area contributed by atoms with Crippen LogP contribution in [0.3, 0.4) is 0 Å². The Hall–Kier alpha value is -0.600. The lowest BCUT2D eigenvalue weighted by Gasteiger charge is -2.12. The second-order valence-corrected chi connectivity index (χ2v) is 2.69. The molecule has 0 radical (unpaired) electrons. The van der Waals surface area contributed by atoms with E-state index >= 15 is 0 Å². The Morgan fingerprint density at radius 3 is 2.75 bits per heavy atom. The highest BCUT2D eigenvalue weighted by molar-refractivity contribution is 5.85. The van der Waals surface area contributed by atoms with Crippen molar-refractivity contribution in [3.63, 3.8) is 0 Å². The number of hydrogen-bond donors (Lipinski definition) is 0. The van der Waals surface area contributed by atoms with Gasteiger partial charge in [-0.25, -0.2) is 0 Å². The third-order valence-corrected chi connectivity index (χ3v) is 1.72. The first-order valence-electron chi connectivity index (χ1n) is 3.90. The van der Waals surface area contributed by atoms with Crippen LogP contribution in [0.25, 0.3) is 0 Å². The van der Waals surface area contributed by atoms with Crippen molar-refractivity contribution in [3.05, 3.63) is 30.1 Å². The zero-order valence-electron chi connectivity index (χ0n) is 7.53. The molecule has 68 valence electrons. The molecule has 12 heavy (non-hydrogen) atoms. The molecule has 0 N–H and O–H groups in total. The fourth-order valence-electron chi connectivity index (χ4n) is 0.915. The minimum Gasteiger partial charge on any atom is -0.302 e. The Kier molecular flexibility index (Phi) is 5.68. The van der Waals surface area contributed by atoms with Crippen molar-refractivity contribution in [2.75, 3.05) is 13.6 Å². The lowest BCUT2D eigenvalue weighted by atomic mass is 10.3. The first kappa shape index (κ1) is 11.4. The molecule has 1 rings (SSSR count). The van der Waals surface area contributed by atoms with Gasteiger partial charge in [-0.3, -0.25) is 4.98 Å². The first-order valence-corrected chi connectivity index (χ1v) is 3.90. The summed E-state index contributed by atoms with van der Waals surface area (Å²) in [5.41, 5.74) is 1.27. The Balaban J connectivity index is 0.00000121. The van der Waals surface area contributed by atoms with E-state index in [1.165, 1.54) is 5.56 Å². The van der Waals surface area contributed by atoms with Crippen molar-refractivity contribution in [2.45, 2.75) is 13.5 Å². The SMILES string of the molecule is CCN(C)Cc1cccnc1.Cl. The van der Waals surface area contributed by atoms with E-state index in [2.05, 4.69) is 29.9 Å². The Morgan fingerprint density at radius 2 is 2.25 bits per heavy atom. The maximum atomic E-state index is 4.05. The van der Waals surface area contributed by atoms with Crippen LogP contribution in [0.4, 0.5) is 0 Å². The van der Waals surface area contributed by atoms with Crippen LogP contribution >= 0.6 is 12.4 Å². The second-order valence-electron chi connectivity index (χ2n) is 2.69. The molecule has 0 atom stereocenters. The summed E-state index contributed by atoms with van der Waals surface area (Å²) in [7, 11) is 2.10. The molecule has 0 spiro atoms. The molecule has 0 unspecified atom stereocenters. The molecule has 3 heteroatoms. The zero-order valence-corrected chi connectivity index (χ0v) is 8.34. The first-order chi connectivity index (χ1) is 5.33. The lowest BCUT2D eigenvalue weighted by Crippen LogP contribution is -2.16. The van der Waals surface area contributed by atoms with Gasteiger partial charge in [-0.2, -0.15) is 0 Å². The molecule has 0 fully saturated rings. The molecule has 0 amide bonds. The molecule has 0 aliphatic carbocycles. The van der Waals surface area contributed by atoms with E-state index in [4.69, 9.17) is 0 Å². The zero-order chi connectivity index (χ0) is 8.10. The molecule has 1 aromatic rings. The van der Waals surface area contributed by atoms with Gasteiger partial charge in [0.1, 0.15) is 0 Å². The number of pyridine rings is 1. The van der Waals surface area contributed by atoms with Gasteiger partial charge < -0.3 is 4.90 Å². The summed E-state index contributed by atoms with van der Waals surface area (Å²) in [6.45, 7) is 4.22. The average molecular weight is 187 g/mol. The van der Waals surface area contributed by atoms with E-state index in [9.17, 15) is 0 Å². The molecule has 0 aliphatic rings. The van der Waals surface area contributed by atoms with Gasteiger partial charge in [0.25, 0.3) is 0 Å². The smallest absolute Gasteiger partial charge is 0.0312 e. The summed E-state index contributed by atoms with van der Waals surface area (Å²) in [6.07, 6.45) is 3.71. The van der Waals surface area contributed by atoms with Crippen molar-refractivity contribution in [2.24, 2.45) is 0 Å². The van der Waals surface area contributed by atoms with Gasteiger partial charge in [0.15, 0.2) is 0 Å². The second kappa shape index (κ2) is 5.98. The van der Waals surface area contributed by atoms with Crippen molar-refractivity contribution < 1.29 is 0 Å². The minimum atomic E-state index is 0. The highest BCUT2D eigenvalue weighted by Gasteiger charge is 1.95. The third-order valence-electron chi connectivity index (χ3n) is 1.72. The largest absolute Gasteiger partial charge is 0.302 e. The topological polar surface area (TPSA) is 16.1 Å². The van der Waals surface area contributed by atoms with Crippen LogP contribution in [0.15, 0.2) is 24.5 Å². The van der Waals surface area contributed by atoms with E-state index in [1.54, 1.807) is 6.20 Å². The summed E-state index contributed by atoms with van der Waals surface area (Å²) < 4.78 is 0. The predicted molar refractivity (Wildman–Crippen MR) is 53.5 cm³/mol. The minimum absolute atomic E-state index is 0. The van der Waals surface area contributed by atoms with Crippen molar-refractivity contribution in [1.29, 1.82) is 0 Å². The molecule has 0 saturated heterocycles. The number of nitrogens with zero attached hydrogens (tertiary/aromatic N) is 2. The summed E-state index contributed by atoms with van der Waals surface area (Å²) in [5, 5.41) is 0. The van der Waals surface area contributed by atoms with Crippen molar-refractivity contribution >= 4 is 12.4 Å². The average Bonchev–Trinajstić information content (AvgIpc) is 2.06. The van der Waals surface area contributed by atoms with Crippen LogP contribution in [-0.4, -0.2) is 23.5 Å². The summed E-state index contributed by atoms with van der Waals surface area (Å²) in [4.78, 5) is 6.29. The molecular formula is C9H15ClN2. The highest BCUT2D eigenvalue weighted by atomic mass is 35.5. The molecule has 1 heterocycles. The van der Waals surface area contributed by atoms with Crippen molar-refractivity contribution in [3.8, 4) is 0 Å². The number of aromatic nitrogens is 1. The number of hydrogen-bond acceptors (Lipinski definition) is 2. The fourth-order valence-corrected chi connectivity index (χ4v) is 0.915. The molecule has 0 bridgehead atoms. The number of halogens is 1. The molecule has 0 aliphatic heterocycles. The van der Waals surface area contributed by atoms with E-state index in [1.807, 2.05) is 12.3 Å². The molecule has 2 nitrogen and oxygen atoms in total. The summed E-state index contributed by atoms with van der Waals surface area (Å²) in [5.74, 6) is 0. The van der Waals surface area contributed by atoms with Crippen LogP contribution in [0.5, 0.6) is 0 Å². The van der Waals surface area contributed by atoms with Crippen LogP contribution in [0.1, 0.15) is 12.5 Å². The maximum absolute atomic E-state index is 4.05. The van der Waals surface area contributed by atoms with Gasteiger partial charge in [0.2, 0.25) is 0 Å². The monoisotopic (exact) mass is 186 g/mol. The summed E-state index contributed by atoms with van der Waals surface area (Å²) in [6, 6.07) is 4.07. The quantitative estimate of drug-likeness (QED) is 0.718. The normalized spacial score (nSPS) is 9.58. The molecule has 0 aromatic carbocycles. The Labute approximate surface area is 80.0 Å². The van der Waals surface area contributed by atoms with Crippen molar-refractivity contribution in [1.82, 2.24) is 9.88 Å². The van der Waals surface area contributed by atoms with E-state index < -0.39 is 0 Å². The molecule has 1 aromatic heterocycles. The Morgan fingerprint density at radius 1 is 1.50 bits per heavy atom. The predicted octanol–water partition coefficient (Wildman–Crippen LogP) is 1.96. The lowest BCUT2D eigenvalue weighted by molar-refractivity contribution is 0.345. The van der Waals surface area contributed by atoms with Crippen LogP contribution < -0.4 is 0 Å². The summed E-state index contributed by atoms with van der Waals surface area (Å²) >= 11 is 0. The van der Waals surface area contributed by atoms with E-state index in [0.29, 0.717) is 0 Å². The Bertz CT molecular complexity index is 201. The molecule has 0 saturated carbocycles.